The SMILES string of the molecule is C[C@H](NP(=O)(OC[C@@H]1C=C[C@H](n2cnc3c(Cl)nc(N)nc32)C1)Oc1ccccc1)C(=O)OC1CC1. The zero-order valence-electron chi connectivity index (χ0n) is 19.5. The molecule has 11 nitrogen and oxygen atoms in total. The number of halogens is 1. The molecular weight excluding hydrogens is 507 g/mol. The lowest BCUT2D eigenvalue weighted by Crippen LogP contribution is -2.35. The van der Waals surface area contributed by atoms with Crippen molar-refractivity contribution in [2.75, 3.05) is 12.3 Å². The first kappa shape index (κ1) is 24.7. The number of para-hydroxylation sites is 1. The van der Waals surface area contributed by atoms with Crippen molar-refractivity contribution in [3.63, 3.8) is 0 Å². The largest absolute Gasteiger partial charge is 0.461 e. The van der Waals surface area contributed by atoms with Gasteiger partial charge in [0.25, 0.3) is 0 Å². The predicted octanol–water partition coefficient (Wildman–Crippen LogP) is 4.07. The number of ether oxygens (including phenoxy) is 1. The van der Waals surface area contributed by atoms with Crippen molar-refractivity contribution in [3.8, 4) is 5.75 Å². The number of nitrogens with zero attached hydrogens (tertiary/aromatic N) is 4. The molecule has 0 amide bonds. The molecule has 1 unspecified atom stereocenters. The van der Waals surface area contributed by atoms with Gasteiger partial charge in [0.15, 0.2) is 10.8 Å². The summed E-state index contributed by atoms with van der Waals surface area (Å²) in [5.74, 6) is -0.151. The highest BCUT2D eigenvalue weighted by Gasteiger charge is 2.36. The van der Waals surface area contributed by atoms with Crippen molar-refractivity contribution in [3.05, 3.63) is 54.0 Å². The van der Waals surface area contributed by atoms with Gasteiger partial charge in [-0.05, 0) is 38.3 Å². The van der Waals surface area contributed by atoms with Crippen molar-refractivity contribution in [2.45, 2.75) is 44.4 Å². The summed E-state index contributed by atoms with van der Waals surface area (Å²) in [6, 6.07) is 7.71. The van der Waals surface area contributed by atoms with E-state index in [1.807, 2.05) is 22.8 Å². The first-order valence-corrected chi connectivity index (χ1v) is 13.5. The number of nitrogen functional groups attached to an aromatic ring is 1. The summed E-state index contributed by atoms with van der Waals surface area (Å²) in [5, 5.41) is 2.92. The maximum absolute atomic E-state index is 13.7. The minimum Gasteiger partial charge on any atom is -0.461 e. The van der Waals surface area contributed by atoms with Crippen LogP contribution in [0.4, 0.5) is 5.95 Å². The fourth-order valence-corrected chi connectivity index (χ4v) is 5.64. The summed E-state index contributed by atoms with van der Waals surface area (Å²) in [5.41, 5.74) is 6.76. The predicted molar refractivity (Wildman–Crippen MR) is 133 cm³/mol. The van der Waals surface area contributed by atoms with Gasteiger partial charge in [-0.3, -0.25) is 9.32 Å². The highest BCUT2D eigenvalue weighted by molar-refractivity contribution is 7.52. The van der Waals surface area contributed by atoms with Gasteiger partial charge in [-0.2, -0.15) is 15.1 Å². The average molecular weight is 533 g/mol. The molecule has 5 rings (SSSR count). The number of hydrogen-bond acceptors (Lipinski definition) is 9. The number of rotatable bonds is 10. The Hall–Kier alpha value is -2.98. The topological polar surface area (TPSA) is 143 Å². The first-order valence-electron chi connectivity index (χ1n) is 11.6. The van der Waals surface area contributed by atoms with Crippen molar-refractivity contribution in [1.82, 2.24) is 24.6 Å². The highest BCUT2D eigenvalue weighted by atomic mass is 35.5. The van der Waals surface area contributed by atoms with Gasteiger partial charge < -0.3 is 19.6 Å². The normalized spacial score (nSPS) is 21.8. The standard InChI is InChI=1S/C23H26ClN6O5P/c1-14(22(31)34-17-9-10-17)29-36(32,35-18-5-3-2-4-6-18)33-12-15-7-8-16(11-15)30-13-26-19-20(24)27-23(25)28-21(19)30/h2-8,13-17H,9-12H2,1H3,(H,29,32)(H2,25,27,28)/t14-,15+,16-,36?/m0/s1. The molecule has 1 aromatic carbocycles. The Morgan fingerprint density at radius 1 is 1.28 bits per heavy atom. The molecule has 1 fully saturated rings. The number of benzene rings is 1. The number of imidazole rings is 1. The number of carbonyl (C=O) groups excluding carboxylic acids is 1. The van der Waals surface area contributed by atoms with Crippen LogP contribution < -0.4 is 15.3 Å². The molecule has 2 aliphatic carbocycles. The lowest BCUT2D eigenvalue weighted by molar-refractivity contribution is -0.146. The lowest BCUT2D eigenvalue weighted by Gasteiger charge is -2.24. The Kier molecular flexibility index (Phi) is 6.98. The lowest BCUT2D eigenvalue weighted by atomic mass is 10.1. The molecule has 1 saturated carbocycles. The molecule has 2 aromatic heterocycles. The third kappa shape index (κ3) is 5.70. The Balaban J connectivity index is 1.26. The van der Waals surface area contributed by atoms with Crippen LogP contribution in [0.3, 0.4) is 0 Å². The third-order valence-electron chi connectivity index (χ3n) is 5.84. The number of allylic oxidation sites excluding steroid dienone is 1. The minimum atomic E-state index is -3.92. The van der Waals surface area contributed by atoms with Gasteiger partial charge in [0, 0.05) is 5.92 Å². The van der Waals surface area contributed by atoms with Crippen molar-refractivity contribution < 1.29 is 23.1 Å². The fraction of sp³-hybridized carbons (Fsp3) is 0.391. The molecule has 3 aromatic rings. The summed E-state index contributed by atoms with van der Waals surface area (Å²) in [6.07, 6.45) is 7.87. The smallest absolute Gasteiger partial charge is 0.459 e. The molecule has 0 radical (unpaired) electrons. The molecule has 2 heterocycles. The van der Waals surface area contributed by atoms with Gasteiger partial charge in [-0.25, -0.2) is 9.55 Å². The van der Waals surface area contributed by atoms with E-state index >= 15 is 0 Å². The van der Waals surface area contributed by atoms with Crippen molar-refractivity contribution >= 4 is 42.4 Å². The molecule has 0 spiro atoms. The van der Waals surface area contributed by atoms with Gasteiger partial charge >= 0.3 is 13.7 Å². The second-order valence-corrected chi connectivity index (χ2v) is 10.9. The van der Waals surface area contributed by atoms with E-state index < -0.39 is 19.8 Å². The Bertz CT molecular complexity index is 1330. The monoisotopic (exact) mass is 532 g/mol. The van der Waals surface area contributed by atoms with Crippen LogP contribution in [-0.4, -0.2) is 44.2 Å². The van der Waals surface area contributed by atoms with E-state index in [0.29, 0.717) is 23.3 Å². The average Bonchev–Trinajstić information content (AvgIpc) is 3.35. The molecular formula is C23H26ClN6O5P. The van der Waals surface area contributed by atoms with Crippen molar-refractivity contribution in [2.24, 2.45) is 5.92 Å². The second kappa shape index (κ2) is 10.2. The van der Waals surface area contributed by atoms with Crippen LogP contribution in [0.25, 0.3) is 11.2 Å². The van der Waals surface area contributed by atoms with Gasteiger partial charge in [0.1, 0.15) is 23.4 Å². The molecule has 2 aliphatic rings. The van der Waals surface area contributed by atoms with Crippen LogP contribution in [0, 0.1) is 5.92 Å². The van der Waals surface area contributed by atoms with Crippen LogP contribution in [-0.2, 0) is 18.6 Å². The summed E-state index contributed by atoms with van der Waals surface area (Å²) < 4.78 is 32.4. The van der Waals surface area contributed by atoms with Crippen LogP contribution in [0.5, 0.6) is 5.75 Å². The second-order valence-electron chi connectivity index (χ2n) is 8.83. The summed E-state index contributed by atoms with van der Waals surface area (Å²) in [4.78, 5) is 24.9. The van der Waals surface area contributed by atoms with Crippen LogP contribution in [0.15, 0.2) is 48.8 Å². The molecule has 4 atom stereocenters. The molecule has 0 aliphatic heterocycles. The minimum absolute atomic E-state index is 0.0626. The molecule has 0 bridgehead atoms. The Morgan fingerprint density at radius 2 is 2.06 bits per heavy atom. The van der Waals surface area contributed by atoms with E-state index in [1.165, 1.54) is 0 Å². The van der Waals surface area contributed by atoms with Crippen LogP contribution >= 0.6 is 19.3 Å². The van der Waals surface area contributed by atoms with E-state index in [4.69, 9.17) is 31.1 Å². The summed E-state index contributed by atoms with van der Waals surface area (Å²) >= 11 is 6.14. The Morgan fingerprint density at radius 3 is 2.81 bits per heavy atom. The molecule has 3 N–H and O–H groups in total. The molecule has 190 valence electrons. The van der Waals surface area contributed by atoms with Gasteiger partial charge in [-0.1, -0.05) is 42.0 Å². The van der Waals surface area contributed by atoms with E-state index in [0.717, 1.165) is 12.8 Å². The van der Waals surface area contributed by atoms with Gasteiger partial charge in [0.05, 0.1) is 19.0 Å². The van der Waals surface area contributed by atoms with E-state index in [-0.39, 0.29) is 35.8 Å². The number of nitrogens with two attached hydrogens (primary N) is 1. The van der Waals surface area contributed by atoms with Crippen LogP contribution in [0.1, 0.15) is 32.2 Å². The number of nitrogens with one attached hydrogen (secondary N) is 1. The number of anilines is 1. The van der Waals surface area contributed by atoms with Gasteiger partial charge in [0.2, 0.25) is 5.95 Å². The number of carbonyl (C=O) groups is 1. The fourth-order valence-electron chi connectivity index (χ4n) is 3.87. The van der Waals surface area contributed by atoms with Crippen molar-refractivity contribution in [1.29, 1.82) is 0 Å². The summed E-state index contributed by atoms with van der Waals surface area (Å²) in [7, 11) is -3.92. The number of fused-ring (bicyclic) bond motifs is 1. The Labute approximate surface area is 212 Å². The van der Waals surface area contributed by atoms with E-state index in [1.54, 1.807) is 37.5 Å². The highest BCUT2D eigenvalue weighted by Crippen LogP contribution is 2.46. The number of esters is 1. The van der Waals surface area contributed by atoms with E-state index in [9.17, 15) is 9.36 Å². The number of hydrogen-bond donors (Lipinski definition) is 2. The maximum Gasteiger partial charge on any atom is 0.459 e. The first-order chi connectivity index (χ1) is 17.3. The van der Waals surface area contributed by atoms with E-state index in [2.05, 4.69) is 20.0 Å². The zero-order valence-corrected chi connectivity index (χ0v) is 21.1. The molecule has 13 heteroatoms. The zero-order chi connectivity index (χ0) is 25.3. The van der Waals surface area contributed by atoms with Crippen LogP contribution in [0.2, 0.25) is 5.15 Å². The quantitative estimate of drug-likeness (QED) is 0.170. The number of aromatic nitrogens is 4. The third-order valence-corrected chi connectivity index (χ3v) is 7.75. The molecule has 36 heavy (non-hydrogen) atoms. The maximum atomic E-state index is 13.7. The summed E-state index contributed by atoms with van der Waals surface area (Å²) in [6.45, 7) is 1.67. The molecule has 0 saturated heterocycles. The van der Waals surface area contributed by atoms with Gasteiger partial charge in [-0.15, -0.1) is 0 Å².